The first-order valence-electron chi connectivity index (χ1n) is 8.41. The number of nitrogens with zero attached hydrogens (tertiary/aromatic N) is 3. The van der Waals surface area contributed by atoms with Crippen LogP contribution in [-0.2, 0) is 11.3 Å². The molecule has 0 aliphatic carbocycles. The predicted molar refractivity (Wildman–Crippen MR) is 96.1 cm³/mol. The molecule has 0 N–H and O–H groups in total. The molecule has 1 unspecified atom stereocenters. The number of thiazole rings is 1. The summed E-state index contributed by atoms with van der Waals surface area (Å²) in [6, 6.07) is 4.24. The second kappa shape index (κ2) is 7.40. The molecule has 2 aliphatic heterocycles. The summed E-state index contributed by atoms with van der Waals surface area (Å²) in [7, 11) is 0. The second-order valence-electron chi connectivity index (χ2n) is 6.33. The molecule has 0 saturated carbocycles. The van der Waals surface area contributed by atoms with E-state index in [1.165, 1.54) is 23.4 Å². The Hall–Kier alpha value is -0.790. The van der Waals surface area contributed by atoms with Crippen molar-refractivity contribution in [2.75, 3.05) is 39.3 Å². The van der Waals surface area contributed by atoms with Crippen molar-refractivity contribution in [1.29, 1.82) is 0 Å². The van der Waals surface area contributed by atoms with Crippen LogP contribution in [0.2, 0.25) is 0 Å². The van der Waals surface area contributed by atoms with E-state index < -0.39 is 0 Å². The molecule has 4 nitrogen and oxygen atoms in total. The van der Waals surface area contributed by atoms with Gasteiger partial charge < -0.3 is 4.74 Å². The standard InChI is InChI=1S/C17H23N3OS2/c1-3-15(21-9-1)12-20-7-5-19(6-8-20)11-14-13-23-17(18-14)16-4-2-10-22-16/h2,4,10,13,15H,1,3,5-9,11-12H2. The van der Waals surface area contributed by atoms with Gasteiger partial charge in [0, 0.05) is 51.3 Å². The Labute approximate surface area is 145 Å². The Morgan fingerprint density at radius 2 is 2.04 bits per heavy atom. The highest BCUT2D eigenvalue weighted by atomic mass is 32.1. The van der Waals surface area contributed by atoms with Crippen LogP contribution in [0.1, 0.15) is 18.5 Å². The lowest BCUT2D eigenvalue weighted by atomic mass is 10.2. The average Bonchev–Trinajstić information content (AvgIpc) is 3.31. The lowest BCUT2D eigenvalue weighted by Gasteiger charge is -2.35. The molecular formula is C17H23N3OS2. The monoisotopic (exact) mass is 349 g/mol. The van der Waals surface area contributed by atoms with Gasteiger partial charge >= 0.3 is 0 Å². The minimum Gasteiger partial charge on any atom is -0.377 e. The summed E-state index contributed by atoms with van der Waals surface area (Å²) in [5.74, 6) is 0. The van der Waals surface area contributed by atoms with E-state index in [2.05, 4.69) is 32.7 Å². The molecule has 2 fully saturated rings. The maximum Gasteiger partial charge on any atom is 0.133 e. The summed E-state index contributed by atoms with van der Waals surface area (Å²) < 4.78 is 5.75. The van der Waals surface area contributed by atoms with Gasteiger partial charge in [0.25, 0.3) is 0 Å². The van der Waals surface area contributed by atoms with Crippen LogP contribution in [0.4, 0.5) is 0 Å². The van der Waals surface area contributed by atoms with Crippen molar-refractivity contribution in [3.63, 3.8) is 0 Å². The minimum atomic E-state index is 0.480. The molecule has 4 heterocycles. The largest absolute Gasteiger partial charge is 0.377 e. The van der Waals surface area contributed by atoms with Gasteiger partial charge in [-0.05, 0) is 24.3 Å². The number of hydrogen-bond donors (Lipinski definition) is 0. The zero-order valence-corrected chi connectivity index (χ0v) is 15.0. The maximum atomic E-state index is 5.75. The lowest BCUT2D eigenvalue weighted by molar-refractivity contribution is 0.0487. The molecule has 124 valence electrons. The highest BCUT2D eigenvalue weighted by Gasteiger charge is 2.23. The highest BCUT2D eigenvalue weighted by molar-refractivity contribution is 7.20. The van der Waals surface area contributed by atoms with E-state index in [0.717, 1.165) is 50.9 Å². The van der Waals surface area contributed by atoms with Crippen molar-refractivity contribution in [2.45, 2.75) is 25.5 Å². The van der Waals surface area contributed by atoms with Crippen LogP contribution >= 0.6 is 22.7 Å². The summed E-state index contributed by atoms with van der Waals surface area (Å²) in [6.07, 6.45) is 2.96. The molecule has 2 saturated heterocycles. The number of ether oxygens (including phenoxy) is 1. The van der Waals surface area contributed by atoms with Crippen molar-refractivity contribution in [2.24, 2.45) is 0 Å². The molecule has 0 bridgehead atoms. The van der Waals surface area contributed by atoms with Gasteiger partial charge in [0.1, 0.15) is 5.01 Å². The van der Waals surface area contributed by atoms with Gasteiger partial charge in [-0.25, -0.2) is 4.98 Å². The van der Waals surface area contributed by atoms with E-state index in [1.54, 1.807) is 22.7 Å². The molecule has 0 spiro atoms. The predicted octanol–water partition coefficient (Wildman–Crippen LogP) is 3.17. The van der Waals surface area contributed by atoms with Crippen molar-refractivity contribution in [3.05, 3.63) is 28.6 Å². The number of aromatic nitrogens is 1. The zero-order valence-electron chi connectivity index (χ0n) is 13.3. The first-order chi connectivity index (χ1) is 11.4. The first-order valence-corrected chi connectivity index (χ1v) is 10.2. The Morgan fingerprint density at radius 3 is 2.78 bits per heavy atom. The van der Waals surface area contributed by atoms with Gasteiger partial charge in [0.2, 0.25) is 0 Å². The fourth-order valence-corrected chi connectivity index (χ4v) is 4.95. The Kier molecular flexibility index (Phi) is 5.06. The quantitative estimate of drug-likeness (QED) is 0.829. The molecular weight excluding hydrogens is 326 g/mol. The van der Waals surface area contributed by atoms with E-state index in [9.17, 15) is 0 Å². The van der Waals surface area contributed by atoms with Crippen LogP contribution in [0.3, 0.4) is 0 Å². The third kappa shape index (κ3) is 4.00. The van der Waals surface area contributed by atoms with Crippen molar-refractivity contribution in [1.82, 2.24) is 14.8 Å². The van der Waals surface area contributed by atoms with Crippen molar-refractivity contribution >= 4 is 22.7 Å². The average molecular weight is 350 g/mol. The van der Waals surface area contributed by atoms with Crippen LogP contribution in [0.5, 0.6) is 0 Å². The maximum absolute atomic E-state index is 5.75. The molecule has 1 atom stereocenters. The number of thiophene rings is 1. The van der Waals surface area contributed by atoms with E-state index in [-0.39, 0.29) is 0 Å². The molecule has 2 aromatic rings. The SMILES string of the molecule is c1csc(-c2nc(CN3CCN(CC4CCCO4)CC3)cs2)c1. The van der Waals surface area contributed by atoms with Gasteiger partial charge in [-0.2, -0.15) is 0 Å². The molecule has 4 rings (SSSR count). The van der Waals surface area contributed by atoms with E-state index in [0.29, 0.717) is 6.10 Å². The summed E-state index contributed by atoms with van der Waals surface area (Å²) in [5, 5.41) is 5.49. The molecule has 2 aromatic heterocycles. The summed E-state index contributed by atoms with van der Waals surface area (Å²) in [5.41, 5.74) is 1.21. The highest BCUT2D eigenvalue weighted by Crippen LogP contribution is 2.28. The van der Waals surface area contributed by atoms with E-state index >= 15 is 0 Å². The van der Waals surface area contributed by atoms with Gasteiger partial charge in [-0.15, -0.1) is 22.7 Å². The number of rotatable bonds is 5. The van der Waals surface area contributed by atoms with Crippen LogP contribution in [0.25, 0.3) is 9.88 Å². The normalized spacial score (nSPS) is 23.6. The van der Waals surface area contributed by atoms with Crippen molar-refractivity contribution < 1.29 is 4.74 Å². The van der Waals surface area contributed by atoms with Crippen molar-refractivity contribution in [3.8, 4) is 9.88 Å². The number of hydrogen-bond acceptors (Lipinski definition) is 6. The molecule has 0 radical (unpaired) electrons. The topological polar surface area (TPSA) is 28.6 Å². The smallest absolute Gasteiger partial charge is 0.133 e. The second-order valence-corrected chi connectivity index (χ2v) is 8.14. The van der Waals surface area contributed by atoms with Crippen LogP contribution < -0.4 is 0 Å². The van der Waals surface area contributed by atoms with Crippen LogP contribution in [0.15, 0.2) is 22.9 Å². The van der Waals surface area contributed by atoms with E-state index in [4.69, 9.17) is 9.72 Å². The lowest BCUT2D eigenvalue weighted by Crippen LogP contribution is -2.48. The third-order valence-corrected chi connectivity index (χ3v) is 6.55. The van der Waals surface area contributed by atoms with Gasteiger partial charge in [0.15, 0.2) is 0 Å². The number of piperazine rings is 1. The van der Waals surface area contributed by atoms with Gasteiger partial charge in [-0.3, -0.25) is 9.80 Å². The molecule has 0 amide bonds. The molecule has 0 aromatic carbocycles. The fourth-order valence-electron chi connectivity index (χ4n) is 3.33. The van der Waals surface area contributed by atoms with Crippen LogP contribution in [-0.4, -0.2) is 60.2 Å². The third-order valence-electron chi connectivity index (χ3n) is 4.62. The Balaban J connectivity index is 1.26. The molecule has 2 aliphatic rings. The van der Waals surface area contributed by atoms with E-state index in [1.807, 2.05) is 0 Å². The van der Waals surface area contributed by atoms with Gasteiger partial charge in [-0.1, -0.05) is 6.07 Å². The Morgan fingerprint density at radius 1 is 1.17 bits per heavy atom. The summed E-state index contributed by atoms with van der Waals surface area (Å²) in [6.45, 7) is 7.64. The molecule has 6 heteroatoms. The summed E-state index contributed by atoms with van der Waals surface area (Å²) in [4.78, 5) is 11.2. The van der Waals surface area contributed by atoms with Gasteiger partial charge in [0.05, 0.1) is 16.7 Å². The zero-order chi connectivity index (χ0) is 15.5. The van der Waals surface area contributed by atoms with Crippen LogP contribution in [0, 0.1) is 0 Å². The molecule has 23 heavy (non-hydrogen) atoms. The first kappa shape index (κ1) is 15.7. The minimum absolute atomic E-state index is 0.480. The fraction of sp³-hybridized carbons (Fsp3) is 0.588. The Bertz CT molecular complexity index is 599. The summed E-state index contributed by atoms with van der Waals surface area (Å²) >= 11 is 3.53.